The molecule has 4 rings (SSSR count). The molecule has 1 amide bonds. The summed E-state index contributed by atoms with van der Waals surface area (Å²) < 4.78 is 1.58. The molecule has 0 aliphatic rings. The van der Waals surface area contributed by atoms with Crippen LogP contribution in [0.5, 0.6) is 0 Å². The van der Waals surface area contributed by atoms with E-state index in [1.807, 2.05) is 18.2 Å². The molecule has 0 fully saturated rings. The number of carbonyl (C=O) groups is 1. The van der Waals surface area contributed by atoms with Gasteiger partial charge in [0.1, 0.15) is 5.82 Å². The van der Waals surface area contributed by atoms with Gasteiger partial charge in [0.15, 0.2) is 0 Å². The van der Waals surface area contributed by atoms with Crippen molar-refractivity contribution in [1.82, 2.24) is 24.7 Å². The smallest absolute Gasteiger partial charge is 0.260 e. The molecule has 0 atom stereocenters. The fourth-order valence-corrected chi connectivity index (χ4v) is 2.56. The summed E-state index contributed by atoms with van der Waals surface area (Å²) in [5.41, 5.74) is 3.98. The summed E-state index contributed by atoms with van der Waals surface area (Å²) in [5.74, 6) is 0.225. The van der Waals surface area contributed by atoms with Crippen molar-refractivity contribution in [3.63, 3.8) is 0 Å². The first kappa shape index (κ1) is 24.0. The third kappa shape index (κ3) is 5.06. The topological polar surface area (TPSA) is 88.5 Å². The minimum atomic E-state index is -0.248. The summed E-state index contributed by atoms with van der Waals surface area (Å²) >= 11 is 0. The molecule has 148 valence electrons. The maximum Gasteiger partial charge on any atom is 0.260 e. The van der Waals surface area contributed by atoms with E-state index in [9.17, 15) is 4.79 Å². The van der Waals surface area contributed by atoms with Crippen LogP contribution in [0.2, 0.25) is 0 Å². The Hall–Kier alpha value is -2.05. The van der Waals surface area contributed by atoms with E-state index in [1.54, 1.807) is 36.4 Å². The maximum absolute atomic E-state index is 12.2. The summed E-state index contributed by atoms with van der Waals surface area (Å²) in [7, 11) is 1.76. The summed E-state index contributed by atoms with van der Waals surface area (Å²) in [6.45, 7) is 3.79. The monoisotopic (exact) mass is 499 g/mol. The predicted octanol–water partition coefficient (Wildman–Crippen LogP) is 2.79. The Morgan fingerprint density at radius 3 is 2.54 bits per heavy atom. The van der Waals surface area contributed by atoms with Crippen LogP contribution in [0.4, 0.5) is 5.82 Å². The van der Waals surface area contributed by atoms with Crippen molar-refractivity contribution in [2.45, 2.75) is 0 Å². The number of aromatic nitrogens is 5. The second kappa shape index (κ2) is 9.94. The number of H-pyrrole nitrogens is 1. The average molecular weight is 499 g/mol. The zero-order valence-corrected chi connectivity index (χ0v) is 17.9. The molecule has 0 saturated heterocycles. The van der Waals surface area contributed by atoms with Crippen LogP contribution in [-0.4, -0.2) is 30.6 Å². The normalized spacial score (nSPS) is 9.75. The second-order valence-electron chi connectivity index (χ2n) is 5.73. The zero-order chi connectivity index (χ0) is 17.4. The standard InChI is InChI=1S/C18H15N6O.3Fe/c1-11-3-4-12(7-19-11)15-5-13-8-20-17(6-16(13)22-15)23-18(25)14-9-21-24(2)10-14;;;/h3-10,22H,1H2,2H3,(H,20,23,25);;;/q-1;;;. The molecule has 4 aromatic heterocycles. The molecule has 0 bridgehead atoms. The first-order chi connectivity index (χ1) is 12.1. The first-order valence-corrected chi connectivity index (χ1v) is 7.65. The van der Waals surface area contributed by atoms with Gasteiger partial charge in [0, 0.05) is 94.0 Å². The summed E-state index contributed by atoms with van der Waals surface area (Å²) in [4.78, 5) is 24.0. The van der Waals surface area contributed by atoms with Crippen molar-refractivity contribution < 1.29 is 56.0 Å². The van der Waals surface area contributed by atoms with Gasteiger partial charge in [0.2, 0.25) is 0 Å². The number of hydrogen-bond donors (Lipinski definition) is 2. The minimum absolute atomic E-state index is 0. The van der Waals surface area contributed by atoms with Crippen molar-refractivity contribution in [3.05, 3.63) is 67.2 Å². The Labute approximate surface area is 193 Å². The van der Waals surface area contributed by atoms with Gasteiger partial charge in [-0.05, 0) is 11.6 Å². The zero-order valence-electron chi connectivity index (χ0n) is 14.6. The molecule has 28 heavy (non-hydrogen) atoms. The number of rotatable bonds is 3. The molecule has 0 aliphatic heterocycles. The van der Waals surface area contributed by atoms with Gasteiger partial charge in [-0.2, -0.15) is 11.2 Å². The molecular weight excluding hydrogens is 484 g/mol. The largest absolute Gasteiger partial charge is 0.354 e. The number of hydrogen-bond acceptors (Lipinski definition) is 4. The van der Waals surface area contributed by atoms with Gasteiger partial charge >= 0.3 is 0 Å². The molecular formula is C18H15Fe3N6O-. The van der Waals surface area contributed by atoms with Crippen LogP contribution in [0, 0.1) is 6.92 Å². The Kier molecular flexibility index (Phi) is 8.51. The van der Waals surface area contributed by atoms with Crippen LogP contribution in [0.3, 0.4) is 0 Å². The Balaban J connectivity index is 0.00000131. The van der Waals surface area contributed by atoms with Crippen molar-refractivity contribution in [2.75, 3.05) is 5.32 Å². The Bertz CT molecular complexity index is 1070. The molecule has 0 spiro atoms. The number of anilines is 1. The number of pyridine rings is 2. The van der Waals surface area contributed by atoms with E-state index in [0.717, 1.165) is 27.9 Å². The fraction of sp³-hybridized carbons (Fsp3) is 0.0556. The number of carbonyl (C=O) groups excluding carboxylic acids is 1. The molecule has 0 unspecified atom stereocenters. The summed E-state index contributed by atoms with van der Waals surface area (Å²) in [6, 6.07) is 7.61. The van der Waals surface area contributed by atoms with Crippen LogP contribution in [0.15, 0.2) is 49.1 Å². The van der Waals surface area contributed by atoms with E-state index < -0.39 is 0 Å². The average Bonchev–Trinajstić information content (AvgIpc) is 3.21. The number of aromatic amines is 1. The minimum Gasteiger partial charge on any atom is -0.354 e. The molecule has 0 aromatic carbocycles. The quantitative estimate of drug-likeness (QED) is 0.336. The number of nitrogens with one attached hydrogen (secondary N) is 2. The van der Waals surface area contributed by atoms with E-state index in [0.29, 0.717) is 11.4 Å². The van der Waals surface area contributed by atoms with E-state index in [2.05, 4.69) is 32.3 Å². The van der Waals surface area contributed by atoms with Gasteiger partial charge in [-0.1, -0.05) is 0 Å². The number of nitrogens with zero attached hydrogens (tertiary/aromatic N) is 4. The van der Waals surface area contributed by atoms with Crippen LogP contribution < -0.4 is 5.32 Å². The van der Waals surface area contributed by atoms with Crippen LogP contribution in [0.25, 0.3) is 22.2 Å². The molecule has 10 heteroatoms. The maximum atomic E-state index is 12.2. The van der Waals surface area contributed by atoms with Gasteiger partial charge in [-0.15, -0.1) is 11.8 Å². The van der Waals surface area contributed by atoms with Crippen molar-refractivity contribution >= 4 is 22.6 Å². The molecule has 2 N–H and O–H groups in total. The van der Waals surface area contributed by atoms with Crippen LogP contribution >= 0.6 is 0 Å². The van der Waals surface area contributed by atoms with Gasteiger partial charge in [-0.3, -0.25) is 14.5 Å². The first-order valence-electron chi connectivity index (χ1n) is 7.65. The van der Waals surface area contributed by atoms with Crippen molar-refractivity contribution in [2.24, 2.45) is 7.05 Å². The fourth-order valence-electron chi connectivity index (χ4n) is 2.56. The van der Waals surface area contributed by atoms with Crippen molar-refractivity contribution in [1.29, 1.82) is 0 Å². The molecule has 0 saturated carbocycles. The Morgan fingerprint density at radius 1 is 1.11 bits per heavy atom. The predicted molar refractivity (Wildman–Crippen MR) is 94.9 cm³/mol. The van der Waals surface area contributed by atoms with Crippen molar-refractivity contribution in [3.8, 4) is 11.3 Å². The van der Waals surface area contributed by atoms with Gasteiger partial charge in [0.05, 0.1) is 17.3 Å². The van der Waals surface area contributed by atoms with E-state index >= 15 is 0 Å². The van der Waals surface area contributed by atoms with Gasteiger partial charge in [-0.25, -0.2) is 11.9 Å². The number of amides is 1. The number of aryl methyl sites for hydroxylation is 1. The van der Waals surface area contributed by atoms with Crippen LogP contribution in [-0.2, 0) is 58.3 Å². The summed E-state index contributed by atoms with van der Waals surface area (Å²) in [5, 5.41) is 7.72. The molecule has 7 nitrogen and oxygen atoms in total. The SMILES string of the molecule is [CH2-]c1ccc(-c2cc3cnc(NC(=O)c4cnn(C)c4)cc3[nH]2)cn1.[Fe].[Fe].[Fe]. The molecule has 0 aliphatic carbocycles. The number of fused-ring (bicyclic) bond motifs is 1. The molecule has 4 aromatic rings. The van der Waals surface area contributed by atoms with Gasteiger partial charge < -0.3 is 10.3 Å². The third-order valence-electron chi connectivity index (χ3n) is 3.85. The van der Waals surface area contributed by atoms with E-state index in [-0.39, 0.29) is 57.1 Å². The molecule has 4 heterocycles. The summed E-state index contributed by atoms with van der Waals surface area (Å²) in [6.07, 6.45) is 6.66. The van der Waals surface area contributed by atoms with E-state index in [4.69, 9.17) is 0 Å². The molecule has 0 radical (unpaired) electrons. The van der Waals surface area contributed by atoms with E-state index in [1.165, 1.54) is 6.20 Å². The Morgan fingerprint density at radius 2 is 1.89 bits per heavy atom. The van der Waals surface area contributed by atoms with Crippen LogP contribution in [0.1, 0.15) is 16.1 Å². The second-order valence-corrected chi connectivity index (χ2v) is 5.73. The van der Waals surface area contributed by atoms with Gasteiger partial charge in [0.25, 0.3) is 5.91 Å². The third-order valence-corrected chi connectivity index (χ3v) is 3.85.